The number of piperidine rings is 1. The van der Waals surface area contributed by atoms with E-state index in [-0.39, 0.29) is 0 Å². The summed E-state index contributed by atoms with van der Waals surface area (Å²) in [5, 5.41) is 6.35. The van der Waals surface area contributed by atoms with Gasteiger partial charge in [0, 0.05) is 24.4 Å². The van der Waals surface area contributed by atoms with E-state index in [1.807, 2.05) is 24.3 Å². The molecule has 0 unspecified atom stereocenters. The average molecular weight is 335 g/mol. The third-order valence-electron chi connectivity index (χ3n) is 4.13. The summed E-state index contributed by atoms with van der Waals surface area (Å²) in [4.78, 5) is 16.7. The number of hydrogen-bond acceptors (Lipinski definition) is 4. The first kappa shape index (κ1) is 16.6. The van der Waals surface area contributed by atoms with Gasteiger partial charge in [0.1, 0.15) is 5.75 Å². The van der Waals surface area contributed by atoms with Crippen LogP contribution in [0.3, 0.4) is 0 Å². The molecule has 2 heterocycles. The van der Waals surface area contributed by atoms with Crippen LogP contribution >= 0.6 is 0 Å². The third-order valence-corrected chi connectivity index (χ3v) is 4.13. The number of nitrogens with one attached hydrogen (secondary N) is 2. The average Bonchev–Trinajstić information content (AvgIpc) is 2.60. The molecule has 5 nitrogen and oxygen atoms in total. The molecule has 1 aliphatic rings. The van der Waals surface area contributed by atoms with E-state index in [9.17, 15) is 13.6 Å². The van der Waals surface area contributed by atoms with Crippen LogP contribution in [0.15, 0.2) is 36.5 Å². The molecule has 0 aliphatic carbocycles. The molecule has 128 valence electrons. The van der Waals surface area contributed by atoms with Gasteiger partial charge in [0.2, 0.25) is 0 Å². The Morgan fingerprint density at radius 2 is 2.12 bits per heavy atom. The molecule has 3 rings (SSSR count). The number of fused-ring (bicyclic) bond motifs is 1. The van der Waals surface area contributed by atoms with Gasteiger partial charge >= 0.3 is 0 Å². The first-order chi connectivity index (χ1) is 11.6. The lowest BCUT2D eigenvalue weighted by Crippen LogP contribution is -2.57. The van der Waals surface area contributed by atoms with Crippen LogP contribution in [0.25, 0.3) is 10.9 Å². The molecule has 0 bridgehead atoms. The number of carbonyl (C=O) groups is 1. The molecule has 1 aliphatic heterocycles. The second-order valence-electron chi connectivity index (χ2n) is 5.81. The van der Waals surface area contributed by atoms with Crippen molar-refractivity contribution in [1.82, 2.24) is 15.6 Å². The highest BCUT2D eigenvalue weighted by atomic mass is 19.3. The minimum atomic E-state index is -2.58. The van der Waals surface area contributed by atoms with Crippen molar-refractivity contribution in [2.45, 2.75) is 24.9 Å². The van der Waals surface area contributed by atoms with Gasteiger partial charge in [-0.05, 0) is 37.4 Å². The first-order valence-electron chi connectivity index (χ1n) is 7.90. The topological polar surface area (TPSA) is 63.2 Å². The zero-order chi connectivity index (χ0) is 17.0. The summed E-state index contributed by atoms with van der Waals surface area (Å²) in [5.41, 5.74) is -0.304. The van der Waals surface area contributed by atoms with Crippen molar-refractivity contribution in [2.24, 2.45) is 0 Å². The highest BCUT2D eigenvalue weighted by Crippen LogP contribution is 2.29. The summed E-state index contributed by atoms with van der Waals surface area (Å²) in [6, 6.07) is 9.10. The van der Waals surface area contributed by atoms with Gasteiger partial charge < -0.3 is 15.4 Å². The summed E-state index contributed by atoms with van der Waals surface area (Å²) >= 11 is 0. The van der Waals surface area contributed by atoms with Gasteiger partial charge in [-0.3, -0.25) is 9.78 Å². The lowest BCUT2D eigenvalue weighted by molar-refractivity contribution is -0.139. The molecule has 0 spiro atoms. The van der Waals surface area contributed by atoms with Gasteiger partial charge in [-0.2, -0.15) is 0 Å². The summed E-state index contributed by atoms with van der Waals surface area (Å²) in [5.74, 6) is 0.0418. The fourth-order valence-electron chi connectivity index (χ4n) is 2.88. The zero-order valence-corrected chi connectivity index (χ0v) is 13.1. The van der Waals surface area contributed by atoms with Crippen molar-refractivity contribution >= 4 is 16.8 Å². The van der Waals surface area contributed by atoms with Crippen LogP contribution in [0, 0.1) is 0 Å². The van der Waals surface area contributed by atoms with E-state index < -0.39 is 24.5 Å². The molecule has 2 N–H and O–H groups in total. The predicted octanol–water partition coefficient (Wildman–Crippen LogP) is 2.12. The number of pyridine rings is 1. The number of ether oxygens (including phenoxy) is 1. The quantitative estimate of drug-likeness (QED) is 0.879. The van der Waals surface area contributed by atoms with E-state index in [4.69, 9.17) is 4.74 Å². The van der Waals surface area contributed by atoms with Crippen LogP contribution in [0.5, 0.6) is 5.75 Å². The number of nitrogens with zero attached hydrogens (tertiary/aromatic N) is 1. The zero-order valence-electron chi connectivity index (χ0n) is 13.1. The van der Waals surface area contributed by atoms with Crippen LogP contribution in [-0.2, 0) is 4.79 Å². The Balaban J connectivity index is 1.83. The van der Waals surface area contributed by atoms with E-state index in [2.05, 4.69) is 15.6 Å². The monoisotopic (exact) mass is 335 g/mol. The van der Waals surface area contributed by atoms with E-state index >= 15 is 0 Å². The summed E-state index contributed by atoms with van der Waals surface area (Å²) in [6.45, 7) is 0.521. The number of aromatic nitrogens is 1. The minimum absolute atomic E-state index is 0.424. The molecule has 0 atom stereocenters. The molecule has 1 saturated heterocycles. The second-order valence-corrected chi connectivity index (χ2v) is 5.81. The largest absolute Gasteiger partial charge is 0.477 e. The predicted molar refractivity (Wildman–Crippen MR) is 86.2 cm³/mol. The number of amides is 1. The third kappa shape index (κ3) is 3.62. The first-order valence-corrected chi connectivity index (χ1v) is 7.90. The van der Waals surface area contributed by atoms with Crippen LogP contribution in [0.4, 0.5) is 8.78 Å². The van der Waals surface area contributed by atoms with E-state index in [0.717, 1.165) is 10.9 Å². The smallest absolute Gasteiger partial charge is 0.264 e. The number of hydrogen-bond donors (Lipinski definition) is 2. The van der Waals surface area contributed by atoms with E-state index in [1.54, 1.807) is 12.3 Å². The fraction of sp³-hybridized carbons (Fsp3) is 0.412. The molecule has 1 aromatic heterocycles. The number of halogens is 2. The summed E-state index contributed by atoms with van der Waals surface area (Å²) < 4.78 is 30.8. The summed E-state index contributed by atoms with van der Waals surface area (Å²) in [6.07, 6.45) is -0.0330. The van der Waals surface area contributed by atoms with Gasteiger partial charge in [-0.15, -0.1) is 0 Å². The van der Waals surface area contributed by atoms with Crippen molar-refractivity contribution in [3.05, 3.63) is 36.5 Å². The Morgan fingerprint density at radius 1 is 1.33 bits per heavy atom. The molecule has 0 saturated carbocycles. The molecule has 1 fully saturated rings. The van der Waals surface area contributed by atoms with Crippen molar-refractivity contribution in [2.75, 3.05) is 19.6 Å². The highest BCUT2D eigenvalue weighted by Gasteiger charge is 2.42. The maximum absolute atomic E-state index is 12.5. The van der Waals surface area contributed by atoms with Gasteiger partial charge in [0.15, 0.2) is 5.60 Å². The lowest BCUT2D eigenvalue weighted by atomic mass is 9.91. The minimum Gasteiger partial charge on any atom is -0.477 e. The SMILES string of the molecule is O=C(NCC(F)F)C1(Oc2ccc3ncccc3c2)CCNCC1. The van der Waals surface area contributed by atoms with Crippen molar-refractivity contribution in [1.29, 1.82) is 0 Å². The van der Waals surface area contributed by atoms with E-state index in [1.165, 1.54) is 0 Å². The molecule has 7 heteroatoms. The van der Waals surface area contributed by atoms with Crippen LogP contribution in [-0.4, -0.2) is 42.6 Å². The molecule has 2 aromatic rings. The Labute approximate surface area is 138 Å². The fourth-order valence-corrected chi connectivity index (χ4v) is 2.88. The summed E-state index contributed by atoms with van der Waals surface area (Å²) in [7, 11) is 0. The van der Waals surface area contributed by atoms with Crippen molar-refractivity contribution < 1.29 is 18.3 Å². The van der Waals surface area contributed by atoms with Gasteiger partial charge in [-0.1, -0.05) is 6.07 Å². The van der Waals surface area contributed by atoms with Gasteiger partial charge in [-0.25, -0.2) is 8.78 Å². The van der Waals surface area contributed by atoms with Gasteiger partial charge in [0.05, 0.1) is 12.1 Å². The number of carbonyl (C=O) groups excluding carboxylic acids is 1. The Hall–Kier alpha value is -2.28. The Morgan fingerprint density at radius 3 is 2.88 bits per heavy atom. The molecular weight excluding hydrogens is 316 g/mol. The Bertz CT molecular complexity index is 718. The normalized spacial score (nSPS) is 17.0. The lowest BCUT2D eigenvalue weighted by Gasteiger charge is -2.36. The standard InChI is InChI=1S/C17H19F2N3O2/c18-15(19)11-22-16(23)17(5-8-20-9-6-17)24-13-3-4-14-12(10-13)2-1-7-21-14/h1-4,7,10,15,20H,5-6,8-9,11H2,(H,22,23). The molecule has 24 heavy (non-hydrogen) atoms. The second kappa shape index (κ2) is 7.09. The molecule has 1 aromatic carbocycles. The highest BCUT2D eigenvalue weighted by molar-refractivity contribution is 5.86. The maximum atomic E-state index is 12.5. The van der Waals surface area contributed by atoms with Crippen LogP contribution in [0.2, 0.25) is 0 Å². The van der Waals surface area contributed by atoms with Crippen molar-refractivity contribution in [3.8, 4) is 5.75 Å². The van der Waals surface area contributed by atoms with Crippen LogP contribution in [0.1, 0.15) is 12.8 Å². The van der Waals surface area contributed by atoms with E-state index in [0.29, 0.717) is 31.7 Å². The van der Waals surface area contributed by atoms with Gasteiger partial charge in [0.25, 0.3) is 12.3 Å². The number of rotatable bonds is 5. The van der Waals surface area contributed by atoms with Crippen LogP contribution < -0.4 is 15.4 Å². The number of benzene rings is 1. The van der Waals surface area contributed by atoms with Crippen molar-refractivity contribution in [3.63, 3.8) is 0 Å². The molecular formula is C17H19F2N3O2. The maximum Gasteiger partial charge on any atom is 0.264 e. The Kier molecular flexibility index (Phi) is 4.89. The number of alkyl halides is 2. The molecule has 0 radical (unpaired) electrons. The molecule has 1 amide bonds.